The Bertz CT molecular complexity index is 1320. The molecule has 0 saturated heterocycles. The molecular weight excluding hydrogens is 446 g/mol. The van der Waals surface area contributed by atoms with E-state index < -0.39 is 0 Å². The van der Waals surface area contributed by atoms with Crippen LogP contribution in [-0.2, 0) is 0 Å². The Morgan fingerprint density at radius 3 is 2.78 bits per heavy atom. The van der Waals surface area contributed by atoms with Crippen molar-refractivity contribution in [1.82, 2.24) is 10.3 Å². The third kappa shape index (κ3) is 4.74. The number of rotatable bonds is 5. The highest BCUT2D eigenvalue weighted by Gasteiger charge is 2.15. The number of amides is 1. The Morgan fingerprint density at radius 1 is 1.16 bits per heavy atom. The minimum Gasteiger partial charge on any atom is -0.494 e. The lowest BCUT2D eigenvalue weighted by molar-refractivity contribution is 0.0977. The Morgan fingerprint density at radius 2 is 1.97 bits per heavy atom. The summed E-state index contributed by atoms with van der Waals surface area (Å²) in [6.07, 6.45) is 0. The van der Waals surface area contributed by atoms with Crippen LogP contribution in [0.3, 0.4) is 0 Å². The number of ether oxygens (including phenoxy) is 1. The maximum absolute atomic E-state index is 12.6. The van der Waals surface area contributed by atoms with E-state index in [4.69, 9.17) is 33.0 Å². The van der Waals surface area contributed by atoms with Crippen LogP contribution in [0.5, 0.6) is 5.75 Å². The van der Waals surface area contributed by atoms with Crippen molar-refractivity contribution >= 4 is 51.6 Å². The number of halogens is 1. The summed E-state index contributed by atoms with van der Waals surface area (Å²) in [7, 11) is 0. The molecule has 0 aliphatic heterocycles. The summed E-state index contributed by atoms with van der Waals surface area (Å²) in [6.45, 7) is 4.33. The highest BCUT2D eigenvalue weighted by Crippen LogP contribution is 2.31. The van der Waals surface area contributed by atoms with E-state index in [0.717, 1.165) is 16.8 Å². The molecule has 0 fully saturated rings. The fraction of sp³-hybridized carbons (Fsp3) is 0.125. The smallest absolute Gasteiger partial charge is 0.257 e. The molecular formula is C24H20ClN3O3S. The Labute approximate surface area is 195 Å². The van der Waals surface area contributed by atoms with Crippen LogP contribution in [0.25, 0.3) is 22.6 Å². The van der Waals surface area contributed by atoms with E-state index >= 15 is 0 Å². The zero-order valence-corrected chi connectivity index (χ0v) is 19.0. The van der Waals surface area contributed by atoms with E-state index in [2.05, 4.69) is 15.6 Å². The Kier molecular flexibility index (Phi) is 6.39. The normalized spacial score (nSPS) is 10.7. The quantitative estimate of drug-likeness (QED) is 0.353. The summed E-state index contributed by atoms with van der Waals surface area (Å²) in [6, 6.07) is 17.9. The SMILES string of the molecule is CCOc1cccc(C(=O)NC(=S)Nc2cccc(-c3nc4cc(Cl)ccc4o3)c2C)c1. The van der Waals surface area contributed by atoms with Crippen LogP contribution in [0, 0.1) is 6.92 Å². The van der Waals surface area contributed by atoms with Crippen molar-refractivity contribution in [2.45, 2.75) is 13.8 Å². The molecule has 0 aliphatic rings. The number of thiocarbonyl (C=S) groups is 1. The molecule has 162 valence electrons. The van der Waals surface area contributed by atoms with Gasteiger partial charge in [-0.15, -0.1) is 0 Å². The van der Waals surface area contributed by atoms with Gasteiger partial charge in [0.25, 0.3) is 5.91 Å². The molecule has 4 rings (SSSR count). The summed E-state index contributed by atoms with van der Waals surface area (Å²) < 4.78 is 11.3. The third-order valence-electron chi connectivity index (χ3n) is 4.80. The summed E-state index contributed by atoms with van der Waals surface area (Å²) in [5.74, 6) is 0.780. The molecule has 0 spiro atoms. The van der Waals surface area contributed by atoms with Gasteiger partial charge in [0.1, 0.15) is 11.3 Å². The van der Waals surface area contributed by atoms with Crippen LogP contribution in [0.2, 0.25) is 5.02 Å². The van der Waals surface area contributed by atoms with Crippen molar-refractivity contribution in [2.24, 2.45) is 0 Å². The highest BCUT2D eigenvalue weighted by atomic mass is 35.5. The molecule has 3 aromatic carbocycles. The summed E-state index contributed by atoms with van der Waals surface area (Å²) in [5.41, 5.74) is 4.20. The number of hydrogen-bond donors (Lipinski definition) is 2. The van der Waals surface area contributed by atoms with Crippen molar-refractivity contribution < 1.29 is 13.9 Å². The maximum Gasteiger partial charge on any atom is 0.257 e. The third-order valence-corrected chi connectivity index (χ3v) is 5.24. The van der Waals surface area contributed by atoms with Crippen LogP contribution >= 0.6 is 23.8 Å². The lowest BCUT2D eigenvalue weighted by atomic mass is 10.1. The minimum atomic E-state index is -0.325. The molecule has 0 radical (unpaired) electrons. The van der Waals surface area contributed by atoms with Crippen LogP contribution in [0.1, 0.15) is 22.8 Å². The first-order valence-corrected chi connectivity index (χ1v) is 10.7. The Hall–Kier alpha value is -3.42. The van der Waals surface area contributed by atoms with E-state index in [0.29, 0.717) is 39.9 Å². The van der Waals surface area contributed by atoms with Gasteiger partial charge in [-0.2, -0.15) is 0 Å². The summed E-state index contributed by atoms with van der Waals surface area (Å²) in [5, 5.41) is 6.56. The average Bonchev–Trinajstić information content (AvgIpc) is 3.18. The van der Waals surface area contributed by atoms with Crippen molar-refractivity contribution in [3.8, 4) is 17.2 Å². The van der Waals surface area contributed by atoms with Crippen LogP contribution < -0.4 is 15.4 Å². The van der Waals surface area contributed by atoms with Gasteiger partial charge < -0.3 is 14.5 Å². The lowest BCUT2D eigenvalue weighted by Crippen LogP contribution is -2.34. The monoisotopic (exact) mass is 465 g/mol. The van der Waals surface area contributed by atoms with Gasteiger partial charge in [-0.3, -0.25) is 10.1 Å². The summed E-state index contributed by atoms with van der Waals surface area (Å²) in [4.78, 5) is 17.1. The molecule has 0 aliphatic carbocycles. The molecule has 8 heteroatoms. The molecule has 2 N–H and O–H groups in total. The van der Waals surface area contributed by atoms with Gasteiger partial charge in [-0.25, -0.2) is 4.98 Å². The van der Waals surface area contributed by atoms with E-state index in [9.17, 15) is 4.79 Å². The molecule has 1 heterocycles. The highest BCUT2D eigenvalue weighted by molar-refractivity contribution is 7.80. The largest absolute Gasteiger partial charge is 0.494 e. The first-order chi connectivity index (χ1) is 15.4. The topological polar surface area (TPSA) is 76.4 Å². The van der Waals surface area contributed by atoms with Gasteiger partial charge >= 0.3 is 0 Å². The second-order valence-corrected chi connectivity index (χ2v) is 7.82. The second kappa shape index (κ2) is 9.38. The number of hydrogen-bond acceptors (Lipinski definition) is 5. The molecule has 4 aromatic rings. The lowest BCUT2D eigenvalue weighted by Gasteiger charge is -2.13. The van der Waals surface area contributed by atoms with Gasteiger partial charge in [-0.1, -0.05) is 23.7 Å². The van der Waals surface area contributed by atoms with Crippen molar-refractivity contribution in [3.63, 3.8) is 0 Å². The van der Waals surface area contributed by atoms with Crippen LogP contribution in [0.4, 0.5) is 5.69 Å². The number of carbonyl (C=O) groups excluding carboxylic acids is 1. The maximum atomic E-state index is 12.6. The zero-order chi connectivity index (χ0) is 22.7. The average molecular weight is 466 g/mol. The van der Waals surface area contributed by atoms with Gasteiger partial charge in [0, 0.05) is 21.8 Å². The molecule has 0 unspecified atom stereocenters. The standard InChI is InChI=1S/C24H20ClN3O3S/c1-3-30-17-7-4-6-15(12-17)22(29)28-24(32)27-19-9-5-8-18(14(19)2)23-26-20-13-16(25)10-11-21(20)31-23/h4-13H,3H2,1-2H3,(H2,27,28,29,32). The van der Waals surface area contributed by atoms with Crippen molar-refractivity contribution in [2.75, 3.05) is 11.9 Å². The minimum absolute atomic E-state index is 0.182. The fourth-order valence-electron chi connectivity index (χ4n) is 3.24. The first-order valence-electron chi connectivity index (χ1n) is 9.96. The number of nitrogens with zero attached hydrogens (tertiary/aromatic N) is 1. The molecule has 1 aromatic heterocycles. The molecule has 1 amide bonds. The Balaban J connectivity index is 1.51. The van der Waals surface area contributed by atoms with Crippen LogP contribution in [0.15, 0.2) is 65.1 Å². The number of aromatic nitrogens is 1. The van der Waals surface area contributed by atoms with Gasteiger partial charge in [0.2, 0.25) is 5.89 Å². The van der Waals surface area contributed by atoms with E-state index in [1.54, 1.807) is 42.5 Å². The molecule has 32 heavy (non-hydrogen) atoms. The number of fused-ring (bicyclic) bond motifs is 1. The van der Waals surface area contributed by atoms with Crippen molar-refractivity contribution in [3.05, 3.63) is 76.8 Å². The molecule has 0 bridgehead atoms. The second-order valence-electron chi connectivity index (χ2n) is 6.98. The molecule has 0 saturated carbocycles. The predicted molar refractivity (Wildman–Crippen MR) is 130 cm³/mol. The molecule has 0 atom stereocenters. The van der Waals surface area contributed by atoms with E-state index in [1.807, 2.05) is 32.0 Å². The van der Waals surface area contributed by atoms with Crippen LogP contribution in [-0.4, -0.2) is 22.6 Å². The number of anilines is 1. The predicted octanol–water partition coefficient (Wildman–Crippen LogP) is 5.98. The van der Waals surface area contributed by atoms with Gasteiger partial charge in [-0.05, 0) is 80.2 Å². The zero-order valence-electron chi connectivity index (χ0n) is 17.4. The number of oxazole rings is 1. The molecule has 6 nitrogen and oxygen atoms in total. The van der Waals surface area contributed by atoms with Gasteiger partial charge in [0.05, 0.1) is 6.61 Å². The first kappa shape index (κ1) is 21.8. The van der Waals surface area contributed by atoms with Crippen molar-refractivity contribution in [1.29, 1.82) is 0 Å². The van der Waals surface area contributed by atoms with Gasteiger partial charge in [0.15, 0.2) is 10.7 Å². The summed E-state index contributed by atoms with van der Waals surface area (Å²) >= 11 is 11.4. The number of carbonyl (C=O) groups is 1. The fourth-order valence-corrected chi connectivity index (χ4v) is 3.61. The van der Waals surface area contributed by atoms with E-state index in [-0.39, 0.29) is 11.0 Å². The number of nitrogens with one attached hydrogen (secondary N) is 2. The number of benzene rings is 3. The van der Waals surface area contributed by atoms with E-state index in [1.165, 1.54) is 0 Å².